The minimum Gasteiger partial charge on any atom is -0.481 e. The Labute approximate surface area is 69.1 Å². The first-order chi connectivity index (χ1) is 5.77. The van der Waals surface area contributed by atoms with Gasteiger partial charge in [-0.1, -0.05) is 0 Å². The van der Waals surface area contributed by atoms with Crippen molar-refractivity contribution in [1.82, 2.24) is 9.97 Å². The van der Waals surface area contributed by atoms with E-state index in [-0.39, 0.29) is 6.42 Å². The summed E-state index contributed by atoms with van der Waals surface area (Å²) in [6.07, 6.45) is 4.84. The molecule has 1 aromatic rings. The van der Waals surface area contributed by atoms with Crippen molar-refractivity contribution < 1.29 is 14.7 Å². The first kappa shape index (κ1) is 10.2. The Bertz CT molecular complexity index is 199. The van der Waals surface area contributed by atoms with Gasteiger partial charge in [0.25, 0.3) is 0 Å². The quantitative estimate of drug-likeness (QED) is 0.501. The third-order valence-corrected chi connectivity index (χ3v) is 0.736. The number of nitrogens with zero attached hydrogens (tertiary/aromatic N) is 2. The molecule has 0 unspecified atom stereocenters. The molecule has 12 heavy (non-hydrogen) atoms. The molecular formula is C7H8N2O3. The largest absolute Gasteiger partial charge is 0.481 e. The molecule has 0 aliphatic rings. The zero-order valence-electron chi connectivity index (χ0n) is 6.25. The molecule has 5 heteroatoms. The van der Waals surface area contributed by atoms with Crippen LogP contribution >= 0.6 is 0 Å². The van der Waals surface area contributed by atoms with Gasteiger partial charge in [0, 0.05) is 12.4 Å². The van der Waals surface area contributed by atoms with Gasteiger partial charge >= 0.3 is 5.97 Å². The third-order valence-electron chi connectivity index (χ3n) is 0.736. The van der Waals surface area contributed by atoms with Crippen molar-refractivity contribution in [3.63, 3.8) is 0 Å². The zero-order valence-corrected chi connectivity index (χ0v) is 6.25. The summed E-state index contributed by atoms with van der Waals surface area (Å²) in [6, 6.07) is 1.78. The molecule has 0 atom stereocenters. The molecule has 1 rings (SSSR count). The highest BCUT2D eigenvalue weighted by atomic mass is 16.4. The molecule has 1 heterocycles. The van der Waals surface area contributed by atoms with E-state index < -0.39 is 5.97 Å². The smallest absolute Gasteiger partial charge is 0.310 e. The summed E-state index contributed by atoms with van der Waals surface area (Å²) in [5.41, 5.74) is 0. The molecule has 64 valence electrons. The second-order valence-electron chi connectivity index (χ2n) is 1.67. The number of aliphatic carboxylic acids is 1. The number of aldehydes is 1. The molecule has 0 aliphatic carbocycles. The summed E-state index contributed by atoms with van der Waals surface area (Å²) in [5.74, 6) is -1.08. The van der Waals surface area contributed by atoms with Crippen LogP contribution in [0.1, 0.15) is 6.42 Å². The molecule has 5 nitrogen and oxygen atoms in total. The molecule has 0 fully saturated rings. The van der Waals surface area contributed by atoms with E-state index in [1.54, 1.807) is 18.5 Å². The van der Waals surface area contributed by atoms with E-state index in [1.165, 1.54) is 6.33 Å². The van der Waals surface area contributed by atoms with Gasteiger partial charge in [0.15, 0.2) is 0 Å². The van der Waals surface area contributed by atoms with Crippen molar-refractivity contribution in [2.75, 3.05) is 0 Å². The van der Waals surface area contributed by atoms with Crippen LogP contribution in [-0.2, 0) is 9.59 Å². The van der Waals surface area contributed by atoms with E-state index in [4.69, 9.17) is 5.11 Å². The summed E-state index contributed by atoms with van der Waals surface area (Å²) < 4.78 is 0. The molecule has 0 aliphatic heterocycles. The fourth-order valence-electron chi connectivity index (χ4n) is 0.325. The highest BCUT2D eigenvalue weighted by Gasteiger charge is 1.87. The maximum absolute atomic E-state index is 9.37. The minimum absolute atomic E-state index is 0.350. The average molecular weight is 168 g/mol. The van der Waals surface area contributed by atoms with Crippen molar-refractivity contribution >= 4 is 12.3 Å². The van der Waals surface area contributed by atoms with E-state index in [0.717, 1.165) is 0 Å². The van der Waals surface area contributed by atoms with Crippen molar-refractivity contribution in [3.8, 4) is 0 Å². The molecule has 0 saturated carbocycles. The lowest BCUT2D eigenvalue weighted by molar-refractivity contribution is -0.138. The summed E-state index contributed by atoms with van der Waals surface area (Å²) in [5, 5.41) is 7.68. The molecule has 0 bridgehead atoms. The van der Waals surface area contributed by atoms with E-state index in [9.17, 15) is 9.59 Å². The van der Waals surface area contributed by atoms with Crippen LogP contribution in [0.3, 0.4) is 0 Å². The number of aromatic nitrogens is 2. The first-order valence-electron chi connectivity index (χ1n) is 3.12. The number of carbonyl (C=O) groups is 2. The minimum atomic E-state index is -1.08. The normalized spacial score (nSPS) is 7.67. The van der Waals surface area contributed by atoms with E-state index >= 15 is 0 Å². The summed E-state index contributed by atoms with van der Waals surface area (Å²) in [7, 11) is 0. The van der Waals surface area contributed by atoms with E-state index in [1.807, 2.05) is 0 Å². The number of carbonyl (C=O) groups excluding carboxylic acids is 1. The molecule has 0 amide bonds. The molecule has 0 saturated heterocycles. The third kappa shape index (κ3) is 8.22. The van der Waals surface area contributed by atoms with Crippen LogP contribution in [0.15, 0.2) is 24.8 Å². The van der Waals surface area contributed by atoms with Gasteiger partial charge < -0.3 is 9.90 Å². The van der Waals surface area contributed by atoms with E-state index in [0.29, 0.717) is 6.29 Å². The van der Waals surface area contributed by atoms with Crippen LogP contribution in [0.5, 0.6) is 0 Å². The lowest BCUT2D eigenvalue weighted by atomic mass is 10.5. The number of hydrogen-bond donors (Lipinski definition) is 1. The van der Waals surface area contributed by atoms with Crippen LogP contribution in [0.25, 0.3) is 0 Å². The highest BCUT2D eigenvalue weighted by Crippen LogP contribution is 1.66. The fourth-order valence-corrected chi connectivity index (χ4v) is 0.325. The standard InChI is InChI=1S/C4H4N2.C3H4O3/c1-2-5-4-6-3-1;4-2-1-3(5)6/h1-4H;2H,1H2,(H,5,6). The second-order valence-corrected chi connectivity index (χ2v) is 1.67. The number of carboxylic acids is 1. The Kier molecular flexibility index (Phi) is 6.24. The van der Waals surface area contributed by atoms with E-state index in [2.05, 4.69) is 9.97 Å². The number of carboxylic acid groups (broad SMARTS) is 1. The molecular weight excluding hydrogens is 160 g/mol. The van der Waals surface area contributed by atoms with Crippen LogP contribution in [0.4, 0.5) is 0 Å². The van der Waals surface area contributed by atoms with Gasteiger partial charge in [0.2, 0.25) is 0 Å². The first-order valence-corrected chi connectivity index (χ1v) is 3.12. The van der Waals surface area contributed by atoms with Crippen molar-refractivity contribution in [1.29, 1.82) is 0 Å². The highest BCUT2D eigenvalue weighted by molar-refractivity contribution is 5.81. The Hall–Kier alpha value is -1.78. The molecule has 1 N–H and O–H groups in total. The van der Waals surface area contributed by atoms with Crippen molar-refractivity contribution in [2.45, 2.75) is 6.42 Å². The second kappa shape index (κ2) is 7.33. The lowest BCUT2D eigenvalue weighted by Gasteiger charge is -1.71. The van der Waals surface area contributed by atoms with Gasteiger partial charge in [-0.2, -0.15) is 0 Å². The molecule has 1 aromatic heterocycles. The Morgan fingerprint density at radius 2 is 2.00 bits per heavy atom. The average Bonchev–Trinajstić information content (AvgIpc) is 2.08. The zero-order chi connectivity index (χ0) is 9.23. The Balaban J connectivity index is 0.000000202. The van der Waals surface area contributed by atoms with Crippen LogP contribution in [-0.4, -0.2) is 27.3 Å². The van der Waals surface area contributed by atoms with Gasteiger partial charge in [-0.05, 0) is 6.07 Å². The Morgan fingerprint density at radius 3 is 2.08 bits per heavy atom. The topological polar surface area (TPSA) is 80.2 Å². The molecule has 0 spiro atoms. The maximum atomic E-state index is 9.37. The van der Waals surface area contributed by atoms with Crippen LogP contribution < -0.4 is 0 Å². The summed E-state index contributed by atoms with van der Waals surface area (Å²) in [4.78, 5) is 25.9. The van der Waals surface area contributed by atoms with Gasteiger partial charge in [0.05, 0.1) is 0 Å². The lowest BCUT2D eigenvalue weighted by Crippen LogP contribution is -1.92. The molecule has 0 aromatic carbocycles. The number of rotatable bonds is 2. The molecule has 0 radical (unpaired) electrons. The summed E-state index contributed by atoms with van der Waals surface area (Å²) >= 11 is 0. The van der Waals surface area contributed by atoms with Gasteiger partial charge in [-0.15, -0.1) is 0 Å². The fraction of sp³-hybridized carbons (Fsp3) is 0.143. The maximum Gasteiger partial charge on any atom is 0.310 e. The van der Waals surface area contributed by atoms with Gasteiger partial charge in [-0.3, -0.25) is 4.79 Å². The van der Waals surface area contributed by atoms with Crippen LogP contribution in [0.2, 0.25) is 0 Å². The number of hydrogen-bond acceptors (Lipinski definition) is 4. The monoisotopic (exact) mass is 168 g/mol. The van der Waals surface area contributed by atoms with Crippen molar-refractivity contribution in [3.05, 3.63) is 24.8 Å². The van der Waals surface area contributed by atoms with Crippen LogP contribution in [0, 0.1) is 0 Å². The summed E-state index contributed by atoms with van der Waals surface area (Å²) in [6.45, 7) is 0. The van der Waals surface area contributed by atoms with Gasteiger partial charge in [0.1, 0.15) is 19.0 Å². The van der Waals surface area contributed by atoms with Crippen molar-refractivity contribution in [2.24, 2.45) is 0 Å². The Morgan fingerprint density at radius 1 is 1.42 bits per heavy atom. The SMILES string of the molecule is O=CCC(=O)O.c1cncnc1. The predicted octanol–water partition coefficient (Wildman–Crippen LogP) is 0.137. The predicted molar refractivity (Wildman–Crippen MR) is 40.3 cm³/mol. The van der Waals surface area contributed by atoms with Gasteiger partial charge in [-0.25, -0.2) is 9.97 Å².